The van der Waals surface area contributed by atoms with Crippen molar-refractivity contribution in [3.8, 4) is 0 Å². The first kappa shape index (κ1) is 12.2. The zero-order valence-electron chi connectivity index (χ0n) is 8.20. The maximum Gasteiger partial charge on any atom is 0.126 e. The van der Waals surface area contributed by atoms with E-state index in [2.05, 4.69) is 23.6 Å². The molecule has 0 atom stereocenters. The first-order valence-corrected chi connectivity index (χ1v) is 4.73. The highest BCUT2D eigenvalue weighted by atomic mass is 35.5. The molecule has 74 valence electrons. The molecule has 0 heterocycles. The normalized spacial score (nSPS) is 12.1. The Morgan fingerprint density at radius 2 is 2.31 bits per heavy atom. The summed E-state index contributed by atoms with van der Waals surface area (Å²) in [7, 11) is 1.97. The molecule has 0 aliphatic carbocycles. The lowest BCUT2D eigenvalue weighted by molar-refractivity contribution is 0.502. The van der Waals surface area contributed by atoms with Gasteiger partial charge in [0.25, 0.3) is 0 Å². The fourth-order valence-electron chi connectivity index (χ4n) is 0.931. The van der Waals surface area contributed by atoms with Crippen molar-refractivity contribution in [2.24, 2.45) is 9.98 Å². The van der Waals surface area contributed by atoms with Crippen LogP contribution in [0.2, 0.25) is 0 Å². The number of amidine groups is 1. The summed E-state index contributed by atoms with van der Waals surface area (Å²) in [6.45, 7) is 6.43. The number of hydrogen-bond donors (Lipinski definition) is 0. The summed E-state index contributed by atoms with van der Waals surface area (Å²) in [4.78, 5) is 9.76. The van der Waals surface area contributed by atoms with Crippen molar-refractivity contribution in [2.75, 3.05) is 19.6 Å². The van der Waals surface area contributed by atoms with Gasteiger partial charge in [-0.1, -0.05) is 6.92 Å². The number of halogens is 1. The molecule has 0 aliphatic rings. The molecule has 0 saturated heterocycles. The second-order valence-corrected chi connectivity index (χ2v) is 2.79. The molecule has 0 bridgehead atoms. The second kappa shape index (κ2) is 7.80. The van der Waals surface area contributed by atoms with Crippen LogP contribution >= 0.6 is 11.6 Å². The highest BCUT2D eigenvalue weighted by Gasteiger charge is 1.99. The number of alkyl halides is 1. The molecule has 0 saturated carbocycles. The van der Waals surface area contributed by atoms with Crippen LogP contribution in [-0.2, 0) is 0 Å². The van der Waals surface area contributed by atoms with Gasteiger partial charge in [0, 0.05) is 19.8 Å². The van der Waals surface area contributed by atoms with Crippen molar-refractivity contribution in [3.05, 3.63) is 12.3 Å². The summed E-state index contributed by atoms with van der Waals surface area (Å²) in [5, 5.41) is 0. The number of hydrogen-bond acceptors (Lipinski definition) is 2. The average molecular weight is 202 g/mol. The Morgan fingerprint density at radius 1 is 1.62 bits per heavy atom. The molecule has 0 aliphatic heterocycles. The van der Waals surface area contributed by atoms with Crippen LogP contribution in [-0.4, -0.2) is 37.0 Å². The van der Waals surface area contributed by atoms with Gasteiger partial charge < -0.3 is 4.90 Å². The Bertz CT molecular complexity index is 199. The maximum absolute atomic E-state index is 5.53. The van der Waals surface area contributed by atoms with Gasteiger partial charge in [-0.2, -0.15) is 0 Å². The van der Waals surface area contributed by atoms with Gasteiger partial charge in [-0.3, -0.25) is 9.98 Å². The maximum atomic E-state index is 5.53. The Balaban J connectivity index is 4.31. The molecule has 0 spiro atoms. The standard InChI is InChI=1S/C9H16ClN3/c1-4-7-13(3)9(12-8-10)5-6-11-2/h5-6H,2,4,7-8H2,1,3H3/b6-5-,12-9+. The molecule has 13 heavy (non-hydrogen) atoms. The number of aliphatic imine (C=N–C) groups is 2. The largest absolute Gasteiger partial charge is 0.360 e. The van der Waals surface area contributed by atoms with Gasteiger partial charge >= 0.3 is 0 Å². The van der Waals surface area contributed by atoms with Gasteiger partial charge in [0.15, 0.2) is 0 Å². The molecule has 0 aromatic carbocycles. The molecular formula is C9H16ClN3. The molecular weight excluding hydrogens is 186 g/mol. The number of likely N-dealkylation sites (N-methyl/N-ethyl adjacent to an activating group) is 1. The highest BCUT2D eigenvalue weighted by molar-refractivity contribution is 6.18. The molecule has 0 unspecified atom stereocenters. The third kappa shape index (κ3) is 5.42. The SMILES string of the molecule is C=N/C=C\C(=N/CCl)N(C)CCC. The second-order valence-electron chi connectivity index (χ2n) is 2.56. The van der Waals surface area contributed by atoms with Crippen LogP contribution in [0.3, 0.4) is 0 Å². The van der Waals surface area contributed by atoms with Gasteiger partial charge in [-0.05, 0) is 19.2 Å². The molecule has 0 fully saturated rings. The first-order valence-electron chi connectivity index (χ1n) is 4.20. The first-order chi connectivity index (χ1) is 6.26. The molecule has 0 N–H and O–H groups in total. The monoisotopic (exact) mass is 201 g/mol. The zero-order chi connectivity index (χ0) is 10.1. The van der Waals surface area contributed by atoms with E-state index in [1.807, 2.05) is 11.9 Å². The van der Waals surface area contributed by atoms with E-state index in [-0.39, 0.29) is 6.00 Å². The van der Waals surface area contributed by atoms with E-state index >= 15 is 0 Å². The highest BCUT2D eigenvalue weighted by Crippen LogP contribution is 1.94. The van der Waals surface area contributed by atoms with E-state index in [9.17, 15) is 0 Å². The van der Waals surface area contributed by atoms with E-state index in [1.165, 1.54) is 0 Å². The third-order valence-electron chi connectivity index (χ3n) is 1.50. The van der Waals surface area contributed by atoms with E-state index in [0.29, 0.717) is 0 Å². The van der Waals surface area contributed by atoms with E-state index < -0.39 is 0 Å². The minimum Gasteiger partial charge on any atom is -0.360 e. The molecule has 0 aromatic heterocycles. The summed E-state index contributed by atoms with van der Waals surface area (Å²) in [5.74, 6) is 0.837. The topological polar surface area (TPSA) is 28.0 Å². The van der Waals surface area contributed by atoms with Gasteiger partial charge in [-0.15, -0.1) is 11.6 Å². The van der Waals surface area contributed by atoms with E-state index in [1.54, 1.807) is 12.3 Å². The summed E-state index contributed by atoms with van der Waals surface area (Å²) in [6.07, 6.45) is 4.48. The summed E-state index contributed by atoms with van der Waals surface area (Å²) in [5.41, 5.74) is 0. The smallest absolute Gasteiger partial charge is 0.126 e. The van der Waals surface area contributed by atoms with Crippen LogP contribution in [0.25, 0.3) is 0 Å². The predicted molar refractivity (Wildman–Crippen MR) is 59.8 cm³/mol. The van der Waals surface area contributed by atoms with Crippen molar-refractivity contribution in [1.82, 2.24) is 4.90 Å². The molecule has 0 amide bonds. The van der Waals surface area contributed by atoms with Gasteiger partial charge in [-0.25, -0.2) is 0 Å². The van der Waals surface area contributed by atoms with Crippen LogP contribution in [0, 0.1) is 0 Å². The van der Waals surface area contributed by atoms with Crippen molar-refractivity contribution >= 4 is 24.2 Å². The Morgan fingerprint density at radius 3 is 2.77 bits per heavy atom. The fourth-order valence-corrected chi connectivity index (χ4v) is 1.05. The van der Waals surface area contributed by atoms with E-state index in [4.69, 9.17) is 11.6 Å². The number of rotatable bonds is 5. The summed E-state index contributed by atoms with van der Waals surface area (Å²) < 4.78 is 0. The van der Waals surface area contributed by atoms with Gasteiger partial charge in [0.2, 0.25) is 0 Å². The minimum atomic E-state index is 0.269. The lowest BCUT2D eigenvalue weighted by Crippen LogP contribution is -2.25. The molecule has 3 nitrogen and oxygen atoms in total. The lowest BCUT2D eigenvalue weighted by Gasteiger charge is -2.17. The minimum absolute atomic E-state index is 0.269. The Kier molecular flexibility index (Phi) is 7.30. The quantitative estimate of drug-likeness (QED) is 0.290. The van der Waals surface area contributed by atoms with Gasteiger partial charge in [0.1, 0.15) is 11.8 Å². The molecule has 0 aromatic rings. The summed E-state index contributed by atoms with van der Waals surface area (Å²) >= 11 is 5.53. The van der Waals surface area contributed by atoms with Crippen LogP contribution in [0.1, 0.15) is 13.3 Å². The summed E-state index contributed by atoms with van der Waals surface area (Å²) in [6, 6.07) is 0.269. The van der Waals surface area contributed by atoms with Crippen LogP contribution < -0.4 is 0 Å². The van der Waals surface area contributed by atoms with Crippen LogP contribution in [0.15, 0.2) is 22.3 Å². The molecule has 0 rings (SSSR count). The van der Waals surface area contributed by atoms with Crippen molar-refractivity contribution in [2.45, 2.75) is 13.3 Å². The lowest BCUT2D eigenvalue weighted by atomic mass is 10.4. The Labute approximate surface area is 84.8 Å². The van der Waals surface area contributed by atoms with Gasteiger partial charge in [0.05, 0.1) is 0 Å². The van der Waals surface area contributed by atoms with Crippen LogP contribution in [0.4, 0.5) is 0 Å². The molecule has 4 heteroatoms. The predicted octanol–water partition coefficient (Wildman–Crippen LogP) is 2.14. The van der Waals surface area contributed by atoms with E-state index in [0.717, 1.165) is 18.8 Å². The zero-order valence-corrected chi connectivity index (χ0v) is 8.96. The van der Waals surface area contributed by atoms with Crippen LogP contribution in [0.5, 0.6) is 0 Å². The Hall–Kier alpha value is -0.830. The van der Waals surface area contributed by atoms with Crippen molar-refractivity contribution < 1.29 is 0 Å². The van der Waals surface area contributed by atoms with Crippen molar-refractivity contribution in [1.29, 1.82) is 0 Å². The number of nitrogens with zero attached hydrogens (tertiary/aromatic N) is 3. The fraction of sp³-hybridized carbons (Fsp3) is 0.556. The third-order valence-corrected chi connectivity index (χ3v) is 1.62. The average Bonchev–Trinajstić information content (AvgIpc) is 2.12. The van der Waals surface area contributed by atoms with Crippen molar-refractivity contribution in [3.63, 3.8) is 0 Å². The molecule has 0 radical (unpaired) electrons.